The number of hydrogen-bond acceptors (Lipinski definition) is 7. The van der Waals surface area contributed by atoms with E-state index in [-0.39, 0.29) is 17.2 Å². The Morgan fingerprint density at radius 2 is 1.97 bits per heavy atom. The molecule has 0 bridgehead atoms. The van der Waals surface area contributed by atoms with Crippen LogP contribution in [-0.2, 0) is 9.53 Å². The lowest BCUT2D eigenvalue weighted by Crippen LogP contribution is -2.37. The first-order valence-electron chi connectivity index (χ1n) is 9.61. The van der Waals surface area contributed by atoms with Crippen molar-refractivity contribution >= 4 is 44.9 Å². The molecule has 29 heavy (non-hydrogen) atoms. The molecule has 6 nitrogen and oxygen atoms in total. The second-order valence-corrected chi connectivity index (χ2v) is 8.08. The number of carbonyl (C=O) groups is 1. The van der Waals surface area contributed by atoms with Crippen molar-refractivity contribution in [2.45, 2.75) is 19.8 Å². The Balaban J connectivity index is 1.67. The lowest BCUT2D eigenvalue weighted by atomic mass is 9.96. The third-order valence-electron chi connectivity index (χ3n) is 5.20. The first-order chi connectivity index (χ1) is 14.1. The number of piperidine rings is 1. The van der Waals surface area contributed by atoms with Crippen molar-refractivity contribution in [2.75, 3.05) is 31.7 Å². The molecule has 152 valence electrons. The second kappa shape index (κ2) is 8.55. The summed E-state index contributed by atoms with van der Waals surface area (Å²) in [5.41, 5.74) is 2.15. The zero-order chi connectivity index (χ0) is 20.4. The average Bonchev–Trinajstić information content (AvgIpc) is 3.17. The van der Waals surface area contributed by atoms with Crippen LogP contribution in [-0.4, -0.2) is 42.7 Å². The number of rotatable bonds is 5. The predicted molar refractivity (Wildman–Crippen MR) is 116 cm³/mol. The smallest absolute Gasteiger partial charge is 0.309 e. The van der Waals surface area contributed by atoms with Gasteiger partial charge in [0.05, 0.1) is 25.0 Å². The van der Waals surface area contributed by atoms with Gasteiger partial charge in [-0.25, -0.2) is 4.98 Å². The van der Waals surface area contributed by atoms with Gasteiger partial charge in [-0.1, -0.05) is 12.1 Å². The molecule has 1 saturated heterocycles. The maximum Gasteiger partial charge on any atom is 0.309 e. The minimum atomic E-state index is -0.104. The molecule has 1 fully saturated rings. The highest BCUT2D eigenvalue weighted by Gasteiger charge is 2.28. The normalized spacial score (nSPS) is 14.9. The Morgan fingerprint density at radius 1 is 1.24 bits per heavy atom. The summed E-state index contributed by atoms with van der Waals surface area (Å²) >= 11 is 7.78. The molecule has 0 N–H and O–H groups in total. The van der Waals surface area contributed by atoms with E-state index in [2.05, 4.69) is 20.2 Å². The van der Waals surface area contributed by atoms with E-state index < -0.39 is 0 Å². The zero-order valence-electron chi connectivity index (χ0n) is 16.4. The zero-order valence-corrected chi connectivity index (χ0v) is 17.9. The first kappa shape index (κ1) is 19.9. The van der Waals surface area contributed by atoms with E-state index in [9.17, 15) is 4.79 Å². The molecule has 1 aromatic carbocycles. The Morgan fingerprint density at radius 3 is 2.62 bits per heavy atom. The molecule has 0 saturated carbocycles. The van der Waals surface area contributed by atoms with Crippen molar-refractivity contribution < 1.29 is 14.3 Å². The van der Waals surface area contributed by atoms with E-state index in [1.807, 2.05) is 31.2 Å². The molecule has 1 aliphatic rings. The standard InChI is InChI=1S/C21H22ClN3O3S/c1-3-28-20(26)14-8-10-25(11-9-14)18-17-16(12-29-19(17)24-21(22)23-18)13-4-6-15(27-2)7-5-13/h4-7,12,14H,3,8-11H2,1-2H3. The quantitative estimate of drug-likeness (QED) is 0.427. The molecular weight excluding hydrogens is 410 g/mol. The summed E-state index contributed by atoms with van der Waals surface area (Å²) in [5.74, 6) is 1.48. The van der Waals surface area contributed by atoms with Crippen molar-refractivity contribution in [2.24, 2.45) is 5.92 Å². The maximum atomic E-state index is 12.1. The van der Waals surface area contributed by atoms with Crippen LogP contribution in [0.2, 0.25) is 5.28 Å². The van der Waals surface area contributed by atoms with E-state index in [1.165, 1.54) is 0 Å². The third-order valence-corrected chi connectivity index (χ3v) is 6.24. The fraction of sp³-hybridized carbons (Fsp3) is 0.381. The number of nitrogens with zero attached hydrogens (tertiary/aromatic N) is 3. The van der Waals surface area contributed by atoms with Gasteiger partial charge in [0.2, 0.25) is 5.28 Å². The van der Waals surface area contributed by atoms with Crippen LogP contribution in [0.5, 0.6) is 5.75 Å². The van der Waals surface area contributed by atoms with Gasteiger partial charge in [-0.3, -0.25) is 4.79 Å². The van der Waals surface area contributed by atoms with Crippen LogP contribution in [0.4, 0.5) is 5.82 Å². The molecule has 0 amide bonds. The molecule has 0 radical (unpaired) electrons. The number of fused-ring (bicyclic) bond motifs is 1. The van der Waals surface area contributed by atoms with Crippen molar-refractivity contribution in [3.05, 3.63) is 34.9 Å². The van der Waals surface area contributed by atoms with E-state index in [0.29, 0.717) is 6.61 Å². The summed E-state index contributed by atoms with van der Waals surface area (Å²) < 4.78 is 10.5. The van der Waals surface area contributed by atoms with Crippen LogP contribution >= 0.6 is 22.9 Å². The molecule has 0 unspecified atom stereocenters. The lowest BCUT2D eigenvalue weighted by Gasteiger charge is -2.32. The highest BCUT2D eigenvalue weighted by atomic mass is 35.5. The van der Waals surface area contributed by atoms with Gasteiger partial charge in [-0.15, -0.1) is 11.3 Å². The maximum absolute atomic E-state index is 12.1. The second-order valence-electron chi connectivity index (χ2n) is 6.89. The number of thiophene rings is 1. The van der Waals surface area contributed by atoms with E-state index in [4.69, 9.17) is 21.1 Å². The molecule has 3 heterocycles. The SMILES string of the molecule is CCOC(=O)C1CCN(c2nc(Cl)nc3scc(-c4ccc(OC)cc4)c23)CC1. The Labute approximate surface area is 178 Å². The number of carbonyl (C=O) groups excluding carboxylic acids is 1. The lowest BCUT2D eigenvalue weighted by molar-refractivity contribution is -0.148. The van der Waals surface area contributed by atoms with E-state index >= 15 is 0 Å². The number of esters is 1. The van der Waals surface area contributed by atoms with Gasteiger partial charge in [-0.05, 0) is 49.1 Å². The van der Waals surface area contributed by atoms with Gasteiger partial charge in [-0.2, -0.15) is 4.98 Å². The van der Waals surface area contributed by atoms with Gasteiger partial charge in [0, 0.05) is 24.0 Å². The van der Waals surface area contributed by atoms with Crippen LogP contribution in [0, 0.1) is 5.92 Å². The fourth-order valence-corrected chi connectivity index (χ4v) is 4.85. The minimum absolute atomic E-state index is 0.0532. The number of hydrogen-bond donors (Lipinski definition) is 0. The summed E-state index contributed by atoms with van der Waals surface area (Å²) in [6.45, 7) is 3.71. The van der Waals surface area contributed by atoms with E-state index in [1.54, 1.807) is 18.4 Å². The van der Waals surface area contributed by atoms with Gasteiger partial charge in [0.15, 0.2) is 0 Å². The fourth-order valence-electron chi connectivity index (χ4n) is 3.70. The summed E-state index contributed by atoms with van der Waals surface area (Å²) in [6.07, 6.45) is 1.48. The summed E-state index contributed by atoms with van der Waals surface area (Å²) in [6, 6.07) is 7.96. The number of aromatic nitrogens is 2. The molecular formula is C21H22ClN3O3S. The molecule has 1 aliphatic heterocycles. The largest absolute Gasteiger partial charge is 0.497 e. The average molecular weight is 432 g/mol. The number of ether oxygens (including phenoxy) is 2. The number of anilines is 1. The Hall–Kier alpha value is -2.38. The van der Waals surface area contributed by atoms with Crippen molar-refractivity contribution in [1.29, 1.82) is 0 Å². The first-order valence-corrected chi connectivity index (χ1v) is 10.9. The summed E-state index contributed by atoms with van der Waals surface area (Å²) in [5, 5.41) is 3.33. The van der Waals surface area contributed by atoms with Crippen LogP contribution in [0.1, 0.15) is 19.8 Å². The molecule has 4 rings (SSSR count). The molecule has 0 spiro atoms. The highest BCUT2D eigenvalue weighted by molar-refractivity contribution is 7.17. The van der Waals surface area contributed by atoms with Gasteiger partial charge >= 0.3 is 5.97 Å². The van der Waals surface area contributed by atoms with Gasteiger partial charge in [0.25, 0.3) is 0 Å². The molecule has 3 aromatic rings. The predicted octanol–water partition coefficient (Wildman–Crippen LogP) is 4.80. The van der Waals surface area contributed by atoms with Gasteiger partial charge in [0.1, 0.15) is 16.4 Å². The summed E-state index contributed by atoms with van der Waals surface area (Å²) in [7, 11) is 1.66. The highest BCUT2D eigenvalue weighted by Crippen LogP contribution is 2.40. The van der Waals surface area contributed by atoms with Gasteiger partial charge < -0.3 is 14.4 Å². The Kier molecular flexibility index (Phi) is 5.87. The molecule has 0 atom stereocenters. The topological polar surface area (TPSA) is 64.5 Å². The monoisotopic (exact) mass is 431 g/mol. The number of benzene rings is 1. The Bertz CT molecular complexity index is 1010. The van der Waals surface area contributed by atoms with Crippen molar-refractivity contribution in [1.82, 2.24) is 9.97 Å². The molecule has 0 aliphatic carbocycles. The van der Waals surface area contributed by atoms with Crippen LogP contribution in [0.25, 0.3) is 21.3 Å². The number of methoxy groups -OCH3 is 1. The van der Waals surface area contributed by atoms with E-state index in [0.717, 1.165) is 58.8 Å². The molecule has 2 aromatic heterocycles. The summed E-state index contributed by atoms with van der Waals surface area (Å²) in [4.78, 5) is 24.1. The van der Waals surface area contributed by atoms with Crippen LogP contribution in [0.15, 0.2) is 29.6 Å². The van der Waals surface area contributed by atoms with Crippen molar-refractivity contribution in [3.8, 4) is 16.9 Å². The van der Waals surface area contributed by atoms with Crippen LogP contribution in [0.3, 0.4) is 0 Å². The van der Waals surface area contributed by atoms with Crippen molar-refractivity contribution in [3.63, 3.8) is 0 Å². The third kappa shape index (κ3) is 4.02. The minimum Gasteiger partial charge on any atom is -0.497 e. The van der Waals surface area contributed by atoms with Crippen LogP contribution < -0.4 is 9.64 Å². The molecule has 8 heteroatoms. The number of halogens is 1.